The van der Waals surface area contributed by atoms with Gasteiger partial charge in [-0.3, -0.25) is 4.90 Å². The maximum atomic E-state index is 3.65. The standard InChI is InChI=1S/C16H34N2/c1-12(2)9-17-10-16(13(3)4)18-8-7-14(5)15(6)11-18/h12-17H,7-11H2,1-6H3. The van der Waals surface area contributed by atoms with E-state index in [2.05, 4.69) is 51.8 Å². The highest BCUT2D eigenvalue weighted by Gasteiger charge is 2.28. The van der Waals surface area contributed by atoms with Crippen molar-refractivity contribution < 1.29 is 0 Å². The van der Waals surface area contributed by atoms with Gasteiger partial charge in [-0.2, -0.15) is 0 Å². The SMILES string of the molecule is CC(C)CNCC(C(C)C)N1CCC(C)C(C)C1. The fourth-order valence-electron chi connectivity index (χ4n) is 2.90. The normalized spacial score (nSPS) is 28.0. The van der Waals surface area contributed by atoms with E-state index in [1.807, 2.05) is 0 Å². The Balaban J connectivity index is 2.46. The molecule has 1 aliphatic heterocycles. The second kappa shape index (κ2) is 7.49. The Labute approximate surface area is 115 Å². The van der Waals surface area contributed by atoms with Crippen LogP contribution in [-0.2, 0) is 0 Å². The summed E-state index contributed by atoms with van der Waals surface area (Å²) in [6, 6.07) is 0.707. The first-order valence-electron chi connectivity index (χ1n) is 7.86. The average molecular weight is 254 g/mol. The topological polar surface area (TPSA) is 15.3 Å². The molecular formula is C16H34N2. The largest absolute Gasteiger partial charge is 0.315 e. The van der Waals surface area contributed by atoms with Crippen molar-refractivity contribution >= 4 is 0 Å². The predicted molar refractivity (Wildman–Crippen MR) is 80.9 cm³/mol. The summed E-state index contributed by atoms with van der Waals surface area (Å²) in [5, 5.41) is 3.65. The van der Waals surface area contributed by atoms with Gasteiger partial charge in [-0.25, -0.2) is 0 Å². The van der Waals surface area contributed by atoms with Crippen LogP contribution in [0.3, 0.4) is 0 Å². The Morgan fingerprint density at radius 2 is 1.72 bits per heavy atom. The van der Waals surface area contributed by atoms with Gasteiger partial charge >= 0.3 is 0 Å². The monoisotopic (exact) mass is 254 g/mol. The number of nitrogens with zero attached hydrogens (tertiary/aromatic N) is 1. The molecule has 1 saturated heterocycles. The number of rotatable bonds is 6. The molecule has 0 spiro atoms. The van der Waals surface area contributed by atoms with Crippen molar-refractivity contribution in [1.82, 2.24) is 10.2 Å². The molecule has 0 amide bonds. The molecular weight excluding hydrogens is 220 g/mol. The van der Waals surface area contributed by atoms with Gasteiger partial charge in [0.25, 0.3) is 0 Å². The van der Waals surface area contributed by atoms with E-state index in [0.29, 0.717) is 6.04 Å². The van der Waals surface area contributed by atoms with Crippen molar-refractivity contribution in [3.05, 3.63) is 0 Å². The summed E-state index contributed by atoms with van der Waals surface area (Å²) in [6.45, 7) is 19.0. The van der Waals surface area contributed by atoms with Crippen LogP contribution in [0.4, 0.5) is 0 Å². The van der Waals surface area contributed by atoms with E-state index in [4.69, 9.17) is 0 Å². The van der Waals surface area contributed by atoms with Gasteiger partial charge in [0.2, 0.25) is 0 Å². The molecule has 1 heterocycles. The lowest BCUT2D eigenvalue weighted by Gasteiger charge is -2.42. The van der Waals surface area contributed by atoms with Gasteiger partial charge in [0.1, 0.15) is 0 Å². The summed E-state index contributed by atoms with van der Waals surface area (Å²) in [5.41, 5.74) is 0. The number of piperidine rings is 1. The van der Waals surface area contributed by atoms with E-state index in [1.165, 1.54) is 19.5 Å². The summed E-state index contributed by atoms with van der Waals surface area (Å²) in [4.78, 5) is 2.72. The zero-order valence-electron chi connectivity index (χ0n) is 13.4. The fourth-order valence-corrected chi connectivity index (χ4v) is 2.90. The molecule has 0 aromatic carbocycles. The van der Waals surface area contributed by atoms with Crippen LogP contribution >= 0.6 is 0 Å². The highest BCUT2D eigenvalue weighted by molar-refractivity contribution is 4.83. The summed E-state index contributed by atoms with van der Waals surface area (Å²) in [6.07, 6.45) is 1.37. The van der Waals surface area contributed by atoms with Crippen molar-refractivity contribution in [3.8, 4) is 0 Å². The van der Waals surface area contributed by atoms with E-state index < -0.39 is 0 Å². The molecule has 0 radical (unpaired) electrons. The van der Waals surface area contributed by atoms with Crippen LogP contribution < -0.4 is 5.32 Å². The van der Waals surface area contributed by atoms with Gasteiger partial charge in [-0.1, -0.05) is 41.5 Å². The van der Waals surface area contributed by atoms with Crippen LogP contribution in [0, 0.1) is 23.7 Å². The number of hydrogen-bond acceptors (Lipinski definition) is 2. The first-order valence-corrected chi connectivity index (χ1v) is 7.86. The van der Waals surface area contributed by atoms with Crippen LogP contribution in [0.1, 0.15) is 48.0 Å². The van der Waals surface area contributed by atoms with Gasteiger partial charge < -0.3 is 5.32 Å². The molecule has 2 heteroatoms. The predicted octanol–water partition coefficient (Wildman–Crippen LogP) is 3.23. The quantitative estimate of drug-likeness (QED) is 0.783. The molecule has 0 bridgehead atoms. The lowest BCUT2D eigenvalue weighted by Crippen LogP contribution is -2.51. The highest BCUT2D eigenvalue weighted by Crippen LogP contribution is 2.25. The Bertz CT molecular complexity index is 225. The Morgan fingerprint density at radius 3 is 2.22 bits per heavy atom. The number of hydrogen-bond donors (Lipinski definition) is 1. The van der Waals surface area contributed by atoms with Gasteiger partial charge in [0.05, 0.1) is 0 Å². The maximum Gasteiger partial charge on any atom is 0.0243 e. The maximum absolute atomic E-state index is 3.65. The molecule has 108 valence electrons. The van der Waals surface area contributed by atoms with Gasteiger partial charge in [-0.15, -0.1) is 0 Å². The Morgan fingerprint density at radius 1 is 1.06 bits per heavy atom. The second-order valence-corrected chi connectivity index (χ2v) is 7.10. The van der Waals surface area contributed by atoms with Crippen molar-refractivity contribution in [2.45, 2.75) is 54.0 Å². The molecule has 1 rings (SSSR count). The Hall–Kier alpha value is -0.0800. The van der Waals surface area contributed by atoms with Crippen LogP contribution in [0.25, 0.3) is 0 Å². The molecule has 1 aliphatic rings. The lowest BCUT2D eigenvalue weighted by molar-refractivity contribution is 0.0728. The van der Waals surface area contributed by atoms with E-state index in [0.717, 1.165) is 36.8 Å². The fraction of sp³-hybridized carbons (Fsp3) is 1.00. The molecule has 1 N–H and O–H groups in total. The summed E-state index contributed by atoms with van der Waals surface area (Å²) in [7, 11) is 0. The van der Waals surface area contributed by atoms with E-state index in [1.54, 1.807) is 0 Å². The summed E-state index contributed by atoms with van der Waals surface area (Å²) < 4.78 is 0. The van der Waals surface area contributed by atoms with E-state index in [9.17, 15) is 0 Å². The molecule has 18 heavy (non-hydrogen) atoms. The van der Waals surface area contributed by atoms with Crippen molar-refractivity contribution in [2.24, 2.45) is 23.7 Å². The van der Waals surface area contributed by atoms with Crippen LogP contribution in [0.2, 0.25) is 0 Å². The van der Waals surface area contributed by atoms with Crippen molar-refractivity contribution in [2.75, 3.05) is 26.2 Å². The third-order valence-electron chi connectivity index (χ3n) is 4.51. The molecule has 0 aromatic heterocycles. The minimum Gasteiger partial charge on any atom is -0.315 e. The van der Waals surface area contributed by atoms with Gasteiger partial charge in [0, 0.05) is 19.1 Å². The first kappa shape index (κ1) is 16.0. The third-order valence-corrected chi connectivity index (χ3v) is 4.51. The Kier molecular flexibility index (Phi) is 6.65. The van der Waals surface area contributed by atoms with Crippen LogP contribution in [0.5, 0.6) is 0 Å². The zero-order valence-corrected chi connectivity index (χ0v) is 13.4. The van der Waals surface area contributed by atoms with Crippen LogP contribution in [-0.4, -0.2) is 37.1 Å². The third kappa shape index (κ3) is 4.89. The van der Waals surface area contributed by atoms with Crippen molar-refractivity contribution in [3.63, 3.8) is 0 Å². The first-order chi connectivity index (χ1) is 8.41. The summed E-state index contributed by atoms with van der Waals surface area (Å²) >= 11 is 0. The smallest absolute Gasteiger partial charge is 0.0243 e. The zero-order chi connectivity index (χ0) is 13.7. The molecule has 3 atom stereocenters. The molecule has 0 aliphatic carbocycles. The second-order valence-electron chi connectivity index (χ2n) is 7.10. The van der Waals surface area contributed by atoms with E-state index >= 15 is 0 Å². The summed E-state index contributed by atoms with van der Waals surface area (Å²) in [5.74, 6) is 3.24. The average Bonchev–Trinajstić information content (AvgIpc) is 2.27. The van der Waals surface area contributed by atoms with Gasteiger partial charge in [0.15, 0.2) is 0 Å². The molecule has 2 nitrogen and oxygen atoms in total. The van der Waals surface area contributed by atoms with E-state index in [-0.39, 0.29) is 0 Å². The minimum atomic E-state index is 0.707. The highest BCUT2D eigenvalue weighted by atomic mass is 15.2. The van der Waals surface area contributed by atoms with Crippen LogP contribution in [0.15, 0.2) is 0 Å². The van der Waals surface area contributed by atoms with Crippen molar-refractivity contribution in [1.29, 1.82) is 0 Å². The lowest BCUT2D eigenvalue weighted by atomic mass is 9.86. The molecule has 0 saturated carbocycles. The van der Waals surface area contributed by atoms with Gasteiger partial charge in [-0.05, 0) is 43.2 Å². The number of likely N-dealkylation sites (tertiary alicyclic amines) is 1. The number of nitrogens with one attached hydrogen (secondary N) is 1. The molecule has 0 aromatic rings. The minimum absolute atomic E-state index is 0.707. The molecule has 3 unspecified atom stereocenters. The molecule has 1 fully saturated rings.